The number of carbonyl (C=O) groups excluding carboxylic acids is 1. The van der Waals surface area contributed by atoms with Gasteiger partial charge in [0.2, 0.25) is 0 Å². The molecule has 1 aromatic carbocycles. The highest BCUT2D eigenvalue weighted by Crippen LogP contribution is 2.21. The maximum Gasteiger partial charge on any atom is 0.165 e. The minimum absolute atomic E-state index is 0.216. The molecule has 0 amide bonds. The van der Waals surface area contributed by atoms with Crippen LogP contribution in [0.4, 0.5) is 0 Å². The van der Waals surface area contributed by atoms with Gasteiger partial charge in [0.25, 0.3) is 0 Å². The largest absolute Gasteiger partial charge is 0.294 e. The average molecular weight is 241 g/mol. The molecule has 0 fully saturated rings. The van der Waals surface area contributed by atoms with Gasteiger partial charge in [0.15, 0.2) is 5.78 Å². The van der Waals surface area contributed by atoms with Crippen LogP contribution >= 0.6 is 0 Å². The molecule has 0 aliphatic rings. The van der Waals surface area contributed by atoms with Crippen molar-refractivity contribution in [1.29, 1.82) is 0 Å². The molecule has 2 heteroatoms. The number of hydrogen-bond donors (Lipinski definition) is 0. The number of para-hydroxylation sites is 1. The van der Waals surface area contributed by atoms with Crippen LogP contribution in [0.3, 0.4) is 0 Å². The Morgan fingerprint density at radius 3 is 2.61 bits per heavy atom. The Bertz CT molecular complexity index is 538. The lowest BCUT2D eigenvalue weighted by Gasteiger charge is -2.11. The minimum Gasteiger partial charge on any atom is -0.294 e. The van der Waals surface area contributed by atoms with Gasteiger partial charge in [0, 0.05) is 23.6 Å². The van der Waals surface area contributed by atoms with Crippen LogP contribution in [0.2, 0.25) is 0 Å². The van der Waals surface area contributed by atoms with Crippen LogP contribution in [0.25, 0.3) is 10.9 Å². The zero-order valence-corrected chi connectivity index (χ0v) is 11.0. The lowest BCUT2D eigenvalue weighted by molar-refractivity contribution is 0.0960. The van der Waals surface area contributed by atoms with E-state index in [0.29, 0.717) is 12.3 Å². The first kappa shape index (κ1) is 12.7. The maximum absolute atomic E-state index is 12.3. The molecule has 0 atom stereocenters. The molecule has 0 N–H and O–H groups in total. The fourth-order valence-electron chi connectivity index (χ4n) is 2.28. The van der Waals surface area contributed by atoms with Gasteiger partial charge in [-0.25, -0.2) is 0 Å². The van der Waals surface area contributed by atoms with Gasteiger partial charge in [-0.3, -0.25) is 9.78 Å². The average Bonchev–Trinajstić information content (AvgIpc) is 2.43. The first-order valence-corrected chi connectivity index (χ1v) is 6.63. The molecule has 18 heavy (non-hydrogen) atoms. The van der Waals surface area contributed by atoms with E-state index in [0.717, 1.165) is 29.3 Å². The third-order valence-electron chi connectivity index (χ3n) is 3.56. The summed E-state index contributed by atoms with van der Waals surface area (Å²) in [5.41, 5.74) is 1.59. The van der Waals surface area contributed by atoms with Crippen molar-refractivity contribution >= 4 is 16.7 Å². The highest BCUT2D eigenvalue weighted by atomic mass is 16.1. The van der Waals surface area contributed by atoms with Crippen LogP contribution in [-0.4, -0.2) is 10.8 Å². The monoisotopic (exact) mass is 241 g/mol. The molecule has 1 aromatic heterocycles. The molecule has 0 unspecified atom stereocenters. The normalized spacial score (nSPS) is 11.1. The van der Waals surface area contributed by atoms with Crippen molar-refractivity contribution in [2.24, 2.45) is 5.92 Å². The third-order valence-corrected chi connectivity index (χ3v) is 3.56. The standard InChI is InChI=1S/C16H19NO/c1-3-12(4-2)11-15(18)14-9-5-7-13-8-6-10-17-16(13)14/h5-10,12H,3-4,11H2,1-2H3. The number of hydrogen-bond acceptors (Lipinski definition) is 2. The number of pyridine rings is 1. The van der Waals surface area contributed by atoms with Crippen LogP contribution in [0.5, 0.6) is 0 Å². The Balaban J connectivity index is 2.33. The molecule has 2 nitrogen and oxygen atoms in total. The second-order valence-electron chi connectivity index (χ2n) is 4.69. The molecular weight excluding hydrogens is 222 g/mol. The molecule has 0 saturated carbocycles. The van der Waals surface area contributed by atoms with Crippen molar-refractivity contribution in [2.45, 2.75) is 33.1 Å². The lowest BCUT2D eigenvalue weighted by Crippen LogP contribution is -2.08. The number of ketones is 1. The summed E-state index contributed by atoms with van der Waals surface area (Å²) in [7, 11) is 0. The van der Waals surface area contributed by atoms with Gasteiger partial charge in [-0.2, -0.15) is 0 Å². The number of benzene rings is 1. The van der Waals surface area contributed by atoms with Gasteiger partial charge in [-0.1, -0.05) is 44.9 Å². The maximum atomic E-state index is 12.3. The first-order chi connectivity index (χ1) is 8.76. The van der Waals surface area contributed by atoms with Crippen LogP contribution < -0.4 is 0 Å². The number of Topliss-reactive ketones (excluding diaryl/α,β-unsaturated/α-hetero) is 1. The van der Waals surface area contributed by atoms with Crippen LogP contribution in [0.15, 0.2) is 36.5 Å². The molecule has 0 spiro atoms. The van der Waals surface area contributed by atoms with Crippen LogP contribution in [0.1, 0.15) is 43.5 Å². The van der Waals surface area contributed by atoms with E-state index in [1.165, 1.54) is 0 Å². The third kappa shape index (κ3) is 2.58. The molecule has 0 saturated heterocycles. The van der Waals surface area contributed by atoms with Crippen LogP contribution in [0, 0.1) is 5.92 Å². The molecule has 0 bridgehead atoms. The summed E-state index contributed by atoms with van der Waals surface area (Å²) in [6.07, 6.45) is 4.49. The van der Waals surface area contributed by atoms with Crippen molar-refractivity contribution in [3.05, 3.63) is 42.1 Å². The second-order valence-corrected chi connectivity index (χ2v) is 4.69. The van der Waals surface area contributed by atoms with Crippen molar-refractivity contribution in [3.63, 3.8) is 0 Å². The minimum atomic E-state index is 0.216. The molecule has 0 aliphatic carbocycles. The summed E-state index contributed by atoms with van der Waals surface area (Å²) in [4.78, 5) is 16.7. The topological polar surface area (TPSA) is 30.0 Å². The van der Waals surface area contributed by atoms with Crippen molar-refractivity contribution in [1.82, 2.24) is 4.98 Å². The van der Waals surface area contributed by atoms with Crippen molar-refractivity contribution < 1.29 is 4.79 Å². The Morgan fingerprint density at radius 1 is 1.17 bits per heavy atom. The van der Waals surface area contributed by atoms with E-state index in [-0.39, 0.29) is 5.78 Å². The van der Waals surface area contributed by atoms with E-state index in [9.17, 15) is 4.79 Å². The number of rotatable bonds is 5. The Morgan fingerprint density at radius 2 is 1.89 bits per heavy atom. The number of nitrogens with zero attached hydrogens (tertiary/aromatic N) is 1. The van der Waals surface area contributed by atoms with Gasteiger partial charge < -0.3 is 0 Å². The quantitative estimate of drug-likeness (QED) is 0.733. The van der Waals surface area contributed by atoms with Gasteiger partial charge >= 0.3 is 0 Å². The Labute approximate surface area is 108 Å². The predicted molar refractivity (Wildman–Crippen MR) is 74.8 cm³/mol. The molecule has 1 heterocycles. The van der Waals surface area contributed by atoms with Gasteiger partial charge in [-0.15, -0.1) is 0 Å². The second kappa shape index (κ2) is 5.76. The van der Waals surface area contributed by atoms with E-state index in [1.54, 1.807) is 6.20 Å². The van der Waals surface area contributed by atoms with E-state index in [2.05, 4.69) is 18.8 Å². The summed E-state index contributed by atoms with van der Waals surface area (Å²) >= 11 is 0. The van der Waals surface area contributed by atoms with E-state index in [1.807, 2.05) is 30.3 Å². The zero-order chi connectivity index (χ0) is 13.0. The summed E-state index contributed by atoms with van der Waals surface area (Å²) < 4.78 is 0. The summed E-state index contributed by atoms with van der Waals surface area (Å²) in [6, 6.07) is 9.72. The zero-order valence-electron chi connectivity index (χ0n) is 11.0. The van der Waals surface area contributed by atoms with Crippen LogP contribution in [-0.2, 0) is 0 Å². The first-order valence-electron chi connectivity index (χ1n) is 6.63. The highest BCUT2D eigenvalue weighted by Gasteiger charge is 2.15. The van der Waals surface area contributed by atoms with Gasteiger partial charge in [-0.05, 0) is 18.1 Å². The van der Waals surface area contributed by atoms with Gasteiger partial charge in [0.05, 0.1) is 5.52 Å². The summed E-state index contributed by atoms with van der Waals surface area (Å²) in [6.45, 7) is 4.28. The fourth-order valence-corrected chi connectivity index (χ4v) is 2.28. The molecule has 94 valence electrons. The van der Waals surface area contributed by atoms with Crippen molar-refractivity contribution in [3.8, 4) is 0 Å². The summed E-state index contributed by atoms with van der Waals surface area (Å²) in [5.74, 6) is 0.699. The molecule has 2 rings (SSSR count). The number of fused-ring (bicyclic) bond motifs is 1. The van der Waals surface area contributed by atoms with E-state index < -0.39 is 0 Å². The van der Waals surface area contributed by atoms with E-state index >= 15 is 0 Å². The molecule has 0 radical (unpaired) electrons. The van der Waals surface area contributed by atoms with Crippen molar-refractivity contribution in [2.75, 3.05) is 0 Å². The lowest BCUT2D eigenvalue weighted by atomic mass is 9.93. The molecule has 2 aromatic rings. The Kier molecular flexibility index (Phi) is 4.08. The Hall–Kier alpha value is -1.70. The number of carbonyl (C=O) groups is 1. The highest BCUT2D eigenvalue weighted by molar-refractivity contribution is 6.06. The molecular formula is C16H19NO. The smallest absolute Gasteiger partial charge is 0.165 e. The SMILES string of the molecule is CCC(CC)CC(=O)c1cccc2cccnc12. The summed E-state index contributed by atoms with van der Waals surface area (Å²) in [5, 5.41) is 1.04. The fraction of sp³-hybridized carbons (Fsp3) is 0.375. The predicted octanol–water partition coefficient (Wildman–Crippen LogP) is 4.24. The number of aromatic nitrogens is 1. The van der Waals surface area contributed by atoms with E-state index in [4.69, 9.17) is 0 Å². The van der Waals surface area contributed by atoms with Gasteiger partial charge in [0.1, 0.15) is 0 Å². The molecule has 0 aliphatic heterocycles.